The molecule has 2 heterocycles. The molecule has 0 unspecified atom stereocenters. The normalized spacial score (nSPS) is 27.2. The molecular weight excluding hydrogens is 361 g/mol. The van der Waals surface area contributed by atoms with E-state index in [9.17, 15) is 23.1 Å². The first-order valence-electron chi connectivity index (χ1n) is 7.25. The molecule has 0 saturated carbocycles. The van der Waals surface area contributed by atoms with Gasteiger partial charge in [-0.15, -0.1) is 11.8 Å². The third-order valence-corrected chi connectivity index (χ3v) is 7.01. The topological polar surface area (TPSA) is 104 Å². The van der Waals surface area contributed by atoms with E-state index in [0.29, 0.717) is 0 Å². The van der Waals surface area contributed by atoms with Crippen molar-refractivity contribution in [3.8, 4) is 0 Å². The second kappa shape index (κ2) is 6.63. The minimum Gasteiger partial charge on any atom is -0.548 e. The number of benzene rings is 1. The summed E-state index contributed by atoms with van der Waals surface area (Å²) in [4.78, 5) is 24.7. The summed E-state index contributed by atoms with van der Waals surface area (Å²) >= 11 is 1.20. The molecule has 1 amide bonds. The van der Waals surface area contributed by atoms with E-state index < -0.39 is 44.3 Å². The molecule has 2 saturated heterocycles. The van der Waals surface area contributed by atoms with Crippen LogP contribution < -0.4 is 24.0 Å². The molecule has 130 valence electrons. The molecule has 2 aliphatic heterocycles. The number of carbonyl (C=O) groups is 2. The van der Waals surface area contributed by atoms with Crippen LogP contribution in [0.4, 0.5) is 0 Å². The Morgan fingerprint density at radius 2 is 1.84 bits per heavy atom. The van der Waals surface area contributed by atoms with Crippen LogP contribution in [0.25, 0.3) is 0 Å². The summed E-state index contributed by atoms with van der Waals surface area (Å²) in [6.07, 6.45) is -1.22. The number of hydrogen-bond acceptors (Lipinski definition) is 7. The van der Waals surface area contributed by atoms with Gasteiger partial charge >= 0.3 is 18.9 Å². The van der Waals surface area contributed by atoms with E-state index in [1.807, 2.05) is 6.92 Å². The van der Waals surface area contributed by atoms with Gasteiger partial charge in [0.2, 0.25) is 0 Å². The van der Waals surface area contributed by atoms with Crippen molar-refractivity contribution in [1.29, 1.82) is 0 Å². The van der Waals surface area contributed by atoms with Crippen molar-refractivity contribution in [3.63, 3.8) is 0 Å². The Morgan fingerprint density at radius 3 is 2.36 bits per heavy atom. The molecular formula is C15H16LiNO6S2. The number of carbonyl (C=O) groups excluding carboxylic acids is 2. The van der Waals surface area contributed by atoms with E-state index in [0.717, 1.165) is 10.5 Å². The standard InChI is InChI=1S/C15H17NO6S2.Li/c1-8-4-6-9(7-5-8)24(20,21)22-10-12(17)16-11(14(18)19)15(2,3)23-13(10)16;/h4-7,10-11,13H,1-3H3,(H,18,19);/q;+1/p-1/t10-,11+,13-;/m1./s1. The van der Waals surface area contributed by atoms with Crippen molar-refractivity contribution in [3.05, 3.63) is 29.8 Å². The van der Waals surface area contributed by atoms with Crippen LogP contribution in [0.3, 0.4) is 0 Å². The molecule has 0 aliphatic carbocycles. The van der Waals surface area contributed by atoms with Crippen LogP contribution in [0.5, 0.6) is 0 Å². The van der Waals surface area contributed by atoms with E-state index in [1.165, 1.54) is 23.9 Å². The van der Waals surface area contributed by atoms with Gasteiger partial charge in [0.1, 0.15) is 5.37 Å². The number of amides is 1. The van der Waals surface area contributed by atoms with E-state index >= 15 is 0 Å². The van der Waals surface area contributed by atoms with Crippen molar-refractivity contribution >= 4 is 33.8 Å². The van der Waals surface area contributed by atoms with Crippen LogP contribution in [-0.4, -0.2) is 47.5 Å². The third kappa shape index (κ3) is 3.36. The Hall–Kier alpha value is -0.983. The maximum absolute atomic E-state index is 12.3. The first kappa shape index (κ1) is 20.3. The summed E-state index contributed by atoms with van der Waals surface area (Å²) in [6.45, 7) is 5.17. The average molecular weight is 377 g/mol. The SMILES string of the molecule is Cc1ccc(S(=O)(=O)O[C@@H]2C(=O)N3[C@@H]2SC(C)(C)[C@@H]3C(=O)[O-])cc1.[Li+]. The average Bonchev–Trinajstić information content (AvgIpc) is 2.74. The molecule has 10 heteroatoms. The van der Waals surface area contributed by atoms with Gasteiger partial charge < -0.3 is 14.8 Å². The predicted molar refractivity (Wildman–Crippen MR) is 84.3 cm³/mol. The molecule has 0 radical (unpaired) electrons. The number of aryl methyl sites for hydroxylation is 1. The summed E-state index contributed by atoms with van der Waals surface area (Å²) in [5.74, 6) is -2.01. The van der Waals surface area contributed by atoms with Crippen molar-refractivity contribution in [2.24, 2.45) is 0 Å². The monoisotopic (exact) mass is 377 g/mol. The van der Waals surface area contributed by atoms with Crippen molar-refractivity contribution in [2.45, 2.75) is 47.9 Å². The number of hydrogen-bond donors (Lipinski definition) is 0. The summed E-state index contributed by atoms with van der Waals surface area (Å²) in [5, 5.41) is 10.7. The zero-order valence-corrected chi connectivity index (χ0v) is 15.9. The van der Waals surface area contributed by atoms with E-state index in [4.69, 9.17) is 4.18 Å². The predicted octanol–water partition coefficient (Wildman–Crippen LogP) is -3.11. The number of carboxylic acid groups (broad SMARTS) is 1. The van der Waals surface area contributed by atoms with Crippen molar-refractivity contribution in [2.75, 3.05) is 0 Å². The van der Waals surface area contributed by atoms with Gasteiger partial charge in [-0.1, -0.05) is 17.7 Å². The fourth-order valence-corrected chi connectivity index (χ4v) is 5.65. The molecule has 25 heavy (non-hydrogen) atoms. The van der Waals surface area contributed by atoms with Crippen molar-refractivity contribution < 1.29 is 46.2 Å². The van der Waals surface area contributed by atoms with Gasteiger partial charge in [0.25, 0.3) is 16.0 Å². The first-order valence-corrected chi connectivity index (χ1v) is 9.54. The zero-order valence-electron chi connectivity index (χ0n) is 14.3. The maximum atomic E-state index is 12.3. The van der Waals surface area contributed by atoms with E-state index in [2.05, 4.69) is 0 Å². The van der Waals surface area contributed by atoms with Crippen LogP contribution in [-0.2, 0) is 23.9 Å². The summed E-state index contributed by atoms with van der Waals surface area (Å²) in [7, 11) is -4.11. The smallest absolute Gasteiger partial charge is 0.548 e. The molecule has 2 fully saturated rings. The molecule has 0 aromatic heterocycles. The van der Waals surface area contributed by atoms with Crippen LogP contribution >= 0.6 is 11.8 Å². The number of nitrogens with zero attached hydrogens (tertiary/aromatic N) is 1. The van der Waals surface area contributed by atoms with Crippen LogP contribution in [0.1, 0.15) is 19.4 Å². The number of thioether (sulfide) groups is 1. The maximum Gasteiger partial charge on any atom is 1.00 e. The molecule has 2 aliphatic rings. The van der Waals surface area contributed by atoms with Crippen LogP contribution in [0.15, 0.2) is 29.2 Å². The van der Waals surface area contributed by atoms with Gasteiger partial charge in [0.05, 0.1) is 16.9 Å². The number of aliphatic carboxylic acids is 1. The number of β-lactam (4-membered cyclic amide) rings is 1. The van der Waals surface area contributed by atoms with Crippen LogP contribution in [0.2, 0.25) is 0 Å². The van der Waals surface area contributed by atoms with Gasteiger partial charge in [0, 0.05) is 4.75 Å². The van der Waals surface area contributed by atoms with Gasteiger partial charge in [-0.05, 0) is 32.9 Å². The summed E-state index contributed by atoms with van der Waals surface area (Å²) < 4.78 is 29.0. The molecule has 3 atom stereocenters. The number of fused-ring (bicyclic) bond motifs is 1. The van der Waals surface area contributed by atoms with Gasteiger partial charge in [-0.3, -0.25) is 4.79 Å². The number of rotatable bonds is 4. The Balaban J connectivity index is 0.00000225. The molecule has 1 aromatic rings. The fourth-order valence-electron chi connectivity index (χ4n) is 2.94. The largest absolute Gasteiger partial charge is 1.00 e. The minimum atomic E-state index is -4.11. The molecule has 7 nitrogen and oxygen atoms in total. The van der Waals surface area contributed by atoms with E-state index in [-0.39, 0.29) is 23.8 Å². The van der Waals surface area contributed by atoms with Crippen molar-refractivity contribution in [1.82, 2.24) is 4.90 Å². The molecule has 0 N–H and O–H groups in total. The molecule has 0 spiro atoms. The van der Waals surface area contributed by atoms with Gasteiger partial charge in [-0.25, -0.2) is 4.18 Å². The molecule has 0 bridgehead atoms. The van der Waals surface area contributed by atoms with E-state index in [1.54, 1.807) is 26.0 Å². The van der Waals surface area contributed by atoms with Crippen LogP contribution in [0, 0.1) is 6.92 Å². The molecule has 3 rings (SSSR count). The quantitative estimate of drug-likeness (QED) is 0.311. The first-order chi connectivity index (χ1) is 11.0. The third-order valence-electron chi connectivity index (χ3n) is 4.16. The fraction of sp³-hybridized carbons (Fsp3) is 0.467. The summed E-state index contributed by atoms with van der Waals surface area (Å²) in [5.41, 5.74) is 0.893. The Bertz CT molecular complexity index is 808. The minimum absolute atomic E-state index is 0. The zero-order chi connectivity index (χ0) is 17.9. The van der Waals surface area contributed by atoms with Gasteiger partial charge in [-0.2, -0.15) is 8.42 Å². The Kier molecular flexibility index (Phi) is 5.39. The number of carboxylic acids is 1. The van der Waals surface area contributed by atoms with Gasteiger partial charge in [0.15, 0.2) is 6.10 Å². The Morgan fingerprint density at radius 1 is 1.28 bits per heavy atom. The summed E-state index contributed by atoms with van der Waals surface area (Å²) in [6, 6.07) is 4.96. The Labute approximate surface area is 162 Å². The second-order valence-corrected chi connectivity index (χ2v) is 9.71. The molecule has 1 aromatic carbocycles. The second-order valence-electron chi connectivity index (χ2n) is 6.36.